The molecule has 0 bridgehead atoms. The third kappa shape index (κ3) is 5.72. The third-order valence-corrected chi connectivity index (χ3v) is 25.8. The summed E-state index contributed by atoms with van der Waals surface area (Å²) in [5.41, 5.74) is 0. The van der Waals surface area contributed by atoms with Crippen molar-refractivity contribution in [3.63, 3.8) is 0 Å². The van der Waals surface area contributed by atoms with Crippen molar-refractivity contribution in [3.05, 3.63) is 79.9 Å². The van der Waals surface area contributed by atoms with Gasteiger partial charge in [0.25, 0.3) is 0 Å². The molecular weight excluding hydrogens is 1030 g/mol. The maximum atomic E-state index is 2.50. The molecule has 0 fully saturated rings. The van der Waals surface area contributed by atoms with Gasteiger partial charge < -0.3 is 0 Å². The minimum absolute atomic E-state index is 1.31. The van der Waals surface area contributed by atoms with Gasteiger partial charge in [-0.25, -0.2) is 0 Å². The molecule has 4 heterocycles. The van der Waals surface area contributed by atoms with Gasteiger partial charge in [-0.1, -0.05) is 12.1 Å². The molecule has 0 atom stereocenters. The second-order valence-electron chi connectivity index (χ2n) is 12.9. The number of rotatable bonds is 2. The van der Waals surface area contributed by atoms with Crippen LogP contribution < -0.4 is 7.16 Å². The zero-order valence-electron chi connectivity index (χ0n) is 24.3. The molecule has 42 heavy (non-hydrogen) atoms. The van der Waals surface area contributed by atoms with Crippen LogP contribution in [0.4, 0.5) is 0 Å². The van der Waals surface area contributed by atoms with Crippen LogP contribution in [0.1, 0.15) is 0 Å². The summed E-state index contributed by atoms with van der Waals surface area (Å²) in [5.74, 6) is 0. The molecule has 4 aromatic heterocycles. The van der Waals surface area contributed by atoms with E-state index in [4.69, 9.17) is 0 Å². The van der Waals surface area contributed by atoms with Gasteiger partial charge in [0.05, 0.1) is 9.40 Å². The predicted octanol–water partition coefficient (Wildman–Crippen LogP) is 12.8. The Morgan fingerprint density at radius 1 is 0.405 bits per heavy atom. The van der Waals surface area contributed by atoms with Crippen molar-refractivity contribution < 1.29 is 0 Å². The van der Waals surface area contributed by atoms with Crippen LogP contribution in [0.5, 0.6) is 0 Å². The SMILES string of the molecule is Ic1ccc2c(c1)sc1c3ccc(I)cc3sc21.[CH3][Sn]([CH3])([CH3])[c]1ccc2c(c1)sc1c3cc[c]([Sn]([CH3])([CH3])[CH3])cc3sc21. The fourth-order valence-corrected chi connectivity index (χ4v) is 19.5. The van der Waals surface area contributed by atoms with Crippen LogP contribution in [0.25, 0.3) is 59.1 Å². The first-order chi connectivity index (χ1) is 19.9. The zero-order valence-corrected chi connectivity index (χ0v) is 37.6. The van der Waals surface area contributed by atoms with Crippen LogP contribution in [-0.2, 0) is 0 Å². The molecule has 0 aliphatic heterocycles. The van der Waals surface area contributed by atoms with E-state index in [1.807, 2.05) is 45.3 Å². The van der Waals surface area contributed by atoms with Gasteiger partial charge in [0.1, 0.15) is 0 Å². The molecule has 0 saturated carbocycles. The Balaban J connectivity index is 0.000000142. The van der Waals surface area contributed by atoms with Crippen molar-refractivity contribution >= 4 is 194 Å². The van der Waals surface area contributed by atoms with Gasteiger partial charge in [0, 0.05) is 27.3 Å². The number of thiophene rings is 4. The Morgan fingerprint density at radius 2 is 0.690 bits per heavy atom. The van der Waals surface area contributed by atoms with Crippen LogP contribution in [0.15, 0.2) is 72.8 Å². The first kappa shape index (κ1) is 30.9. The van der Waals surface area contributed by atoms with E-state index >= 15 is 0 Å². The molecule has 0 unspecified atom stereocenters. The van der Waals surface area contributed by atoms with Gasteiger partial charge in [0.2, 0.25) is 0 Å². The van der Waals surface area contributed by atoms with Crippen LogP contribution >= 0.6 is 90.5 Å². The third-order valence-electron chi connectivity index (χ3n) is 7.82. The van der Waals surface area contributed by atoms with Crippen LogP contribution in [0, 0.1) is 7.14 Å². The van der Waals surface area contributed by atoms with E-state index in [2.05, 4.69) is 148 Å². The van der Waals surface area contributed by atoms with Gasteiger partial charge in [0.15, 0.2) is 0 Å². The Morgan fingerprint density at radius 3 is 1.00 bits per heavy atom. The minimum atomic E-state index is -1.99. The summed E-state index contributed by atoms with van der Waals surface area (Å²) in [6.45, 7) is 0. The van der Waals surface area contributed by atoms with Crippen molar-refractivity contribution in [1.82, 2.24) is 0 Å². The average Bonchev–Trinajstić information content (AvgIpc) is 3.64. The van der Waals surface area contributed by atoms with E-state index < -0.39 is 36.8 Å². The first-order valence-electron chi connectivity index (χ1n) is 14.0. The van der Waals surface area contributed by atoms with Gasteiger partial charge in [-0.3, -0.25) is 0 Å². The Labute approximate surface area is 298 Å². The van der Waals surface area contributed by atoms with Gasteiger partial charge in [-0.2, -0.15) is 0 Å². The monoisotopic (exact) mass is 1060 g/mol. The molecule has 8 heteroatoms. The molecule has 8 aromatic rings. The van der Waals surface area contributed by atoms with Gasteiger partial charge in [-0.15, -0.1) is 22.7 Å². The molecule has 8 rings (SSSR count). The van der Waals surface area contributed by atoms with Crippen LogP contribution in [0.3, 0.4) is 0 Å². The summed E-state index contributed by atoms with van der Waals surface area (Å²) in [7, 11) is 0. The Bertz CT molecular complexity index is 2140. The summed E-state index contributed by atoms with van der Waals surface area (Å²) in [4.78, 5) is 15.0. The van der Waals surface area contributed by atoms with Crippen molar-refractivity contribution in [2.24, 2.45) is 0 Å². The number of fused-ring (bicyclic) bond motifs is 10. The maximum absolute atomic E-state index is 2.50. The van der Waals surface area contributed by atoms with E-state index in [1.54, 1.807) is 7.16 Å². The Kier molecular flexibility index (Phi) is 8.48. The fourth-order valence-electron chi connectivity index (χ4n) is 5.39. The summed E-state index contributed by atoms with van der Waals surface area (Å²) in [5, 5.41) is 5.76. The van der Waals surface area contributed by atoms with E-state index in [0.29, 0.717) is 0 Å². The molecule has 0 nitrogen and oxygen atoms in total. The molecule has 0 saturated heterocycles. The number of hydrogen-bond donors (Lipinski definition) is 0. The molecule has 0 aliphatic carbocycles. The Hall–Kier alpha value is 0.297. The van der Waals surface area contributed by atoms with Crippen molar-refractivity contribution in [2.75, 3.05) is 0 Å². The summed E-state index contributed by atoms with van der Waals surface area (Å²) < 4.78 is 17.6. The second kappa shape index (κ2) is 11.5. The molecule has 0 amide bonds. The first-order valence-corrected chi connectivity index (χ1v) is 39.4. The standard InChI is InChI=1S/C14H6I2S2.C14H6S2.6CH3.2Sn/c15-7-1-3-9-11(5-7)17-14-10-4-2-8(16)6-12(10)18-13(9)14;1-3-7-11-9(5-1)13-14(15-11)10-6-2-4-8-12(10)16-13;;;;;;;;/h1-6H;1-2,5-8H;6*1H3;;. The number of hydrogen-bond acceptors (Lipinski definition) is 4. The molecule has 0 aliphatic rings. The van der Waals surface area contributed by atoms with Gasteiger partial charge >= 0.3 is 162 Å². The molecule has 0 spiro atoms. The number of benzene rings is 4. The average molecular weight is 1060 g/mol. The molecule has 0 N–H and O–H groups in total. The fraction of sp³-hybridized carbons (Fsp3) is 0.176. The van der Waals surface area contributed by atoms with Crippen LogP contribution in [-0.4, -0.2) is 36.8 Å². The summed E-state index contributed by atoms with van der Waals surface area (Å²) >= 11 is 8.63. The van der Waals surface area contributed by atoms with E-state index in [0.717, 1.165) is 0 Å². The predicted molar refractivity (Wildman–Crippen MR) is 221 cm³/mol. The molecular formula is C34H30I2S4Sn2. The summed E-state index contributed by atoms with van der Waals surface area (Å²) in [6, 6.07) is 28.1. The molecule has 0 radical (unpaired) electrons. The van der Waals surface area contributed by atoms with Crippen molar-refractivity contribution in [2.45, 2.75) is 29.6 Å². The van der Waals surface area contributed by atoms with Crippen molar-refractivity contribution in [3.8, 4) is 0 Å². The van der Waals surface area contributed by atoms with E-state index in [1.165, 1.54) is 66.3 Å². The van der Waals surface area contributed by atoms with E-state index in [-0.39, 0.29) is 0 Å². The van der Waals surface area contributed by atoms with Crippen molar-refractivity contribution in [1.29, 1.82) is 0 Å². The van der Waals surface area contributed by atoms with E-state index in [9.17, 15) is 0 Å². The molecule has 4 aromatic carbocycles. The zero-order chi connectivity index (χ0) is 29.6. The molecule has 212 valence electrons. The van der Waals surface area contributed by atoms with Gasteiger partial charge in [-0.05, 0) is 69.4 Å². The topological polar surface area (TPSA) is 0 Å². The normalized spacial score (nSPS) is 12.8. The summed E-state index contributed by atoms with van der Waals surface area (Å²) in [6.07, 6.45) is 0. The second-order valence-corrected chi connectivity index (χ2v) is 48.6. The van der Waals surface area contributed by atoms with Crippen LogP contribution in [0.2, 0.25) is 29.6 Å². The quantitative estimate of drug-likeness (QED) is 0.120. The number of halogens is 2.